The van der Waals surface area contributed by atoms with Gasteiger partial charge in [0.05, 0.1) is 5.92 Å². The first-order valence-electron chi connectivity index (χ1n) is 11.3. The molecule has 0 bridgehead atoms. The van der Waals surface area contributed by atoms with Crippen molar-refractivity contribution in [2.45, 2.75) is 58.1 Å². The van der Waals surface area contributed by atoms with Gasteiger partial charge in [0.25, 0.3) is 0 Å². The van der Waals surface area contributed by atoms with E-state index in [1.165, 1.54) is 6.92 Å². The Bertz CT molecular complexity index is 911. The maximum atomic E-state index is 13.2. The van der Waals surface area contributed by atoms with Crippen molar-refractivity contribution in [1.82, 2.24) is 4.90 Å². The van der Waals surface area contributed by atoms with Gasteiger partial charge >= 0.3 is 12.1 Å². The van der Waals surface area contributed by atoms with Crippen molar-refractivity contribution in [3.8, 4) is 0 Å². The number of aliphatic hydroxyl groups is 1. The molecule has 1 aliphatic heterocycles. The predicted molar refractivity (Wildman–Crippen MR) is 121 cm³/mol. The van der Waals surface area contributed by atoms with Crippen LogP contribution in [0.2, 0.25) is 0 Å². The highest BCUT2D eigenvalue weighted by Gasteiger charge is 2.44. The average molecular weight is 474 g/mol. The third-order valence-electron chi connectivity index (χ3n) is 5.48. The highest BCUT2D eigenvalue weighted by Crippen LogP contribution is 2.30. The fraction of sp³-hybridized carbons (Fsp3) is 0.480. The quantitative estimate of drug-likeness (QED) is 0.263. The number of unbranched alkanes of at least 4 members (excludes halogenated alkanes) is 3. The first-order chi connectivity index (χ1) is 16.3. The number of benzene rings is 1. The number of esters is 1. The summed E-state index contributed by atoms with van der Waals surface area (Å²) in [5.41, 5.74) is 0.689. The number of carbonyl (C=O) groups is 5. The van der Waals surface area contributed by atoms with E-state index in [2.05, 4.69) is 0 Å². The first kappa shape index (κ1) is 26.9. The molecule has 0 radical (unpaired) electrons. The van der Waals surface area contributed by atoms with E-state index in [9.17, 15) is 24.0 Å². The normalized spacial score (nSPS) is 17.3. The zero-order chi connectivity index (χ0) is 25.1. The third kappa shape index (κ3) is 7.62. The molecule has 1 aromatic rings. The SMILES string of the molecule is CC(=O)OC(C(=O)C=CC(=O)CCCCCCO)C(C)C(=O)N1C(=O)OCC1c1ccccc1. The minimum absolute atomic E-state index is 0.0276. The summed E-state index contributed by atoms with van der Waals surface area (Å²) < 4.78 is 10.2. The number of ketones is 2. The van der Waals surface area contributed by atoms with E-state index in [0.717, 1.165) is 36.8 Å². The highest BCUT2D eigenvalue weighted by atomic mass is 16.6. The van der Waals surface area contributed by atoms with Gasteiger partial charge in [-0.05, 0) is 37.5 Å². The van der Waals surface area contributed by atoms with Crippen molar-refractivity contribution < 1.29 is 38.6 Å². The van der Waals surface area contributed by atoms with Gasteiger partial charge < -0.3 is 14.6 Å². The van der Waals surface area contributed by atoms with Gasteiger partial charge in [0.1, 0.15) is 12.6 Å². The molecule has 3 atom stereocenters. The number of amides is 2. The van der Waals surface area contributed by atoms with E-state index < -0.39 is 41.8 Å². The lowest BCUT2D eigenvalue weighted by atomic mass is 9.96. The van der Waals surface area contributed by atoms with Gasteiger partial charge in [0, 0.05) is 20.0 Å². The van der Waals surface area contributed by atoms with Crippen LogP contribution in [0, 0.1) is 5.92 Å². The monoisotopic (exact) mass is 473 g/mol. The molecule has 1 aromatic carbocycles. The standard InChI is InChI=1S/C25H31NO8/c1-17(24(31)26-21(16-33-25(26)32)19-10-6-5-7-11-19)23(34-18(2)28)22(30)14-13-20(29)12-8-3-4-9-15-27/h5-7,10-11,13-14,17,21,23,27H,3-4,8-9,12,15-16H2,1-2H3. The molecule has 1 heterocycles. The summed E-state index contributed by atoms with van der Waals surface area (Å²) >= 11 is 0. The van der Waals surface area contributed by atoms with E-state index in [1.807, 2.05) is 0 Å². The van der Waals surface area contributed by atoms with E-state index in [0.29, 0.717) is 18.4 Å². The van der Waals surface area contributed by atoms with Gasteiger partial charge in [-0.15, -0.1) is 0 Å². The van der Waals surface area contributed by atoms with Crippen molar-refractivity contribution in [3.63, 3.8) is 0 Å². The van der Waals surface area contributed by atoms with Crippen LogP contribution in [0.4, 0.5) is 4.79 Å². The number of imide groups is 1. The molecule has 2 amide bonds. The first-order valence-corrected chi connectivity index (χ1v) is 11.3. The van der Waals surface area contributed by atoms with Gasteiger partial charge in [-0.25, -0.2) is 9.69 Å². The van der Waals surface area contributed by atoms with E-state index in [1.54, 1.807) is 30.3 Å². The molecular formula is C25H31NO8. The number of ether oxygens (including phenoxy) is 2. The van der Waals surface area contributed by atoms with E-state index in [4.69, 9.17) is 14.6 Å². The van der Waals surface area contributed by atoms with E-state index >= 15 is 0 Å². The Balaban J connectivity index is 2.10. The predicted octanol–water partition coefficient (Wildman–Crippen LogP) is 2.91. The van der Waals surface area contributed by atoms with Gasteiger partial charge in [0.15, 0.2) is 17.7 Å². The zero-order valence-electron chi connectivity index (χ0n) is 19.5. The second-order valence-corrected chi connectivity index (χ2v) is 8.12. The fourth-order valence-electron chi connectivity index (χ4n) is 3.64. The maximum Gasteiger partial charge on any atom is 0.417 e. The second kappa shape index (κ2) is 13.4. The zero-order valence-corrected chi connectivity index (χ0v) is 19.5. The molecule has 3 unspecified atom stereocenters. The summed E-state index contributed by atoms with van der Waals surface area (Å²) in [5, 5.41) is 8.77. The summed E-state index contributed by atoms with van der Waals surface area (Å²) in [6, 6.07) is 8.18. The second-order valence-electron chi connectivity index (χ2n) is 8.12. The number of rotatable bonds is 13. The molecule has 1 N–H and O–H groups in total. The minimum Gasteiger partial charge on any atom is -0.453 e. The van der Waals surface area contributed by atoms with Crippen LogP contribution in [0.5, 0.6) is 0 Å². The number of hydrogen-bond acceptors (Lipinski definition) is 8. The Morgan fingerprint density at radius 1 is 1.12 bits per heavy atom. The third-order valence-corrected chi connectivity index (χ3v) is 5.48. The summed E-state index contributed by atoms with van der Waals surface area (Å²) in [5.74, 6) is -3.69. The van der Waals surface area contributed by atoms with Gasteiger partial charge in [-0.3, -0.25) is 19.2 Å². The van der Waals surface area contributed by atoms with Crippen molar-refractivity contribution >= 4 is 29.5 Å². The Morgan fingerprint density at radius 2 is 1.79 bits per heavy atom. The van der Waals surface area contributed by atoms with Crippen LogP contribution in [-0.4, -0.2) is 58.9 Å². The smallest absolute Gasteiger partial charge is 0.417 e. The Labute approximate surface area is 198 Å². The molecule has 1 fully saturated rings. The van der Waals surface area contributed by atoms with Crippen LogP contribution in [0.1, 0.15) is 57.6 Å². The van der Waals surface area contributed by atoms with E-state index in [-0.39, 0.29) is 25.4 Å². The van der Waals surface area contributed by atoms with Gasteiger partial charge in [-0.2, -0.15) is 0 Å². The lowest BCUT2D eigenvalue weighted by molar-refractivity contribution is -0.158. The maximum absolute atomic E-state index is 13.2. The molecule has 9 nitrogen and oxygen atoms in total. The number of cyclic esters (lactones) is 1. The van der Waals surface area contributed by atoms with Crippen molar-refractivity contribution in [2.24, 2.45) is 5.92 Å². The molecule has 0 saturated carbocycles. The molecule has 34 heavy (non-hydrogen) atoms. The van der Waals surface area contributed by atoms with Gasteiger partial charge in [-0.1, -0.05) is 43.2 Å². The van der Waals surface area contributed by atoms with Crippen molar-refractivity contribution in [3.05, 3.63) is 48.0 Å². The van der Waals surface area contributed by atoms with Crippen LogP contribution >= 0.6 is 0 Å². The molecule has 1 aliphatic rings. The molecule has 9 heteroatoms. The van der Waals surface area contributed by atoms with Crippen LogP contribution in [-0.2, 0) is 28.7 Å². The lowest BCUT2D eigenvalue weighted by Crippen LogP contribution is -2.45. The number of aliphatic hydroxyl groups excluding tert-OH is 1. The number of hydrogen-bond donors (Lipinski definition) is 1. The van der Waals surface area contributed by atoms with Crippen LogP contribution in [0.25, 0.3) is 0 Å². The van der Waals surface area contributed by atoms with Crippen LogP contribution in [0.3, 0.4) is 0 Å². The summed E-state index contributed by atoms with van der Waals surface area (Å²) in [6.07, 6.45) is 2.90. The van der Waals surface area contributed by atoms with Crippen LogP contribution < -0.4 is 0 Å². The Morgan fingerprint density at radius 3 is 2.44 bits per heavy atom. The number of nitrogens with zero attached hydrogens (tertiary/aromatic N) is 1. The molecule has 184 valence electrons. The number of allylic oxidation sites excluding steroid dienone is 1. The Kier molecular flexibility index (Phi) is 10.6. The molecule has 2 rings (SSSR count). The lowest BCUT2D eigenvalue weighted by Gasteiger charge is -2.26. The van der Waals surface area contributed by atoms with Crippen LogP contribution in [0.15, 0.2) is 42.5 Å². The average Bonchev–Trinajstić information content (AvgIpc) is 3.21. The number of carbonyl (C=O) groups excluding carboxylic acids is 5. The Hall–Kier alpha value is -3.33. The summed E-state index contributed by atoms with van der Waals surface area (Å²) in [4.78, 5) is 62.9. The highest BCUT2D eigenvalue weighted by molar-refractivity contribution is 6.04. The molecular weight excluding hydrogens is 442 g/mol. The molecule has 0 aliphatic carbocycles. The fourth-order valence-corrected chi connectivity index (χ4v) is 3.64. The largest absolute Gasteiger partial charge is 0.453 e. The van der Waals surface area contributed by atoms with Crippen molar-refractivity contribution in [2.75, 3.05) is 13.2 Å². The van der Waals surface area contributed by atoms with Crippen molar-refractivity contribution in [1.29, 1.82) is 0 Å². The molecule has 0 aromatic heterocycles. The topological polar surface area (TPSA) is 127 Å². The van der Waals surface area contributed by atoms with Gasteiger partial charge in [0.2, 0.25) is 5.91 Å². The molecule has 0 spiro atoms. The summed E-state index contributed by atoms with van der Waals surface area (Å²) in [6.45, 7) is 2.58. The summed E-state index contributed by atoms with van der Waals surface area (Å²) in [7, 11) is 0. The minimum atomic E-state index is -1.50. The molecule has 1 saturated heterocycles.